The summed E-state index contributed by atoms with van der Waals surface area (Å²) in [5.41, 5.74) is 0.758. The highest BCUT2D eigenvalue weighted by Crippen LogP contribution is 2.20. The quantitative estimate of drug-likeness (QED) is 0.785. The molecule has 1 amide bonds. The maximum atomic E-state index is 12.9. The lowest BCUT2D eigenvalue weighted by molar-refractivity contribution is -0.126. The van der Waals surface area contributed by atoms with Gasteiger partial charge >= 0.3 is 0 Å². The molecule has 2 rings (SSSR count). The van der Waals surface area contributed by atoms with Crippen LogP contribution in [0, 0.1) is 11.7 Å². The van der Waals surface area contributed by atoms with Crippen LogP contribution in [0.25, 0.3) is 0 Å². The fraction of sp³-hybridized carbons (Fsp3) is 0.533. The van der Waals surface area contributed by atoms with Crippen LogP contribution in [0.15, 0.2) is 24.3 Å². The summed E-state index contributed by atoms with van der Waals surface area (Å²) in [7, 11) is 0. The number of nitrogens with one attached hydrogen (secondary N) is 2. The number of halogens is 1. The van der Waals surface area contributed by atoms with E-state index in [0.717, 1.165) is 18.5 Å². The highest BCUT2D eigenvalue weighted by atomic mass is 19.1. The third kappa shape index (κ3) is 4.20. The van der Waals surface area contributed by atoms with Gasteiger partial charge < -0.3 is 15.4 Å². The van der Waals surface area contributed by atoms with Crippen LogP contribution >= 0.6 is 0 Å². The van der Waals surface area contributed by atoms with Gasteiger partial charge in [0, 0.05) is 25.4 Å². The van der Waals surface area contributed by atoms with E-state index in [-0.39, 0.29) is 23.7 Å². The molecule has 1 aromatic carbocycles. The number of hydrogen-bond acceptors (Lipinski definition) is 3. The summed E-state index contributed by atoms with van der Waals surface area (Å²) in [5.74, 6) is -0.203. The van der Waals surface area contributed by atoms with E-state index in [1.807, 2.05) is 13.0 Å². The third-order valence-corrected chi connectivity index (χ3v) is 3.52. The van der Waals surface area contributed by atoms with Crippen molar-refractivity contribution in [1.29, 1.82) is 0 Å². The standard InChI is InChI=1S/C15H21FN2O2/c1-11-14(6-9-20-11)15(19)18-8-3-7-17-13-5-2-4-12(16)10-13/h2,4-5,10-11,14,17H,3,6-9H2,1H3,(H,18,19)/t11-,14-/m1/s1. The van der Waals surface area contributed by atoms with Crippen molar-refractivity contribution in [2.75, 3.05) is 25.0 Å². The van der Waals surface area contributed by atoms with Crippen molar-refractivity contribution in [3.8, 4) is 0 Å². The second-order valence-corrected chi connectivity index (χ2v) is 5.05. The van der Waals surface area contributed by atoms with Crippen molar-refractivity contribution in [3.05, 3.63) is 30.1 Å². The molecule has 4 nitrogen and oxygen atoms in total. The molecule has 0 spiro atoms. The minimum absolute atomic E-state index is 0.0143. The summed E-state index contributed by atoms with van der Waals surface area (Å²) >= 11 is 0. The smallest absolute Gasteiger partial charge is 0.225 e. The van der Waals surface area contributed by atoms with Crippen LogP contribution in [0.4, 0.5) is 10.1 Å². The summed E-state index contributed by atoms with van der Waals surface area (Å²) in [4.78, 5) is 11.9. The van der Waals surface area contributed by atoms with Crippen molar-refractivity contribution in [2.24, 2.45) is 5.92 Å². The Morgan fingerprint density at radius 2 is 2.30 bits per heavy atom. The fourth-order valence-corrected chi connectivity index (χ4v) is 2.34. The summed E-state index contributed by atoms with van der Waals surface area (Å²) in [6.07, 6.45) is 1.61. The van der Waals surface area contributed by atoms with Crippen LogP contribution in [0.2, 0.25) is 0 Å². The maximum absolute atomic E-state index is 12.9. The van der Waals surface area contributed by atoms with Crippen molar-refractivity contribution in [2.45, 2.75) is 25.9 Å². The van der Waals surface area contributed by atoms with Crippen molar-refractivity contribution >= 4 is 11.6 Å². The zero-order valence-electron chi connectivity index (χ0n) is 11.7. The van der Waals surface area contributed by atoms with Crippen LogP contribution in [-0.2, 0) is 9.53 Å². The molecular weight excluding hydrogens is 259 g/mol. The Morgan fingerprint density at radius 3 is 3.00 bits per heavy atom. The normalized spacial score (nSPS) is 21.7. The molecule has 1 heterocycles. The summed E-state index contributed by atoms with van der Waals surface area (Å²) < 4.78 is 18.3. The molecule has 5 heteroatoms. The first-order valence-corrected chi connectivity index (χ1v) is 7.05. The molecule has 1 aliphatic heterocycles. The lowest BCUT2D eigenvalue weighted by Gasteiger charge is -2.14. The Hall–Kier alpha value is -1.62. The van der Waals surface area contributed by atoms with Crippen molar-refractivity contribution in [3.63, 3.8) is 0 Å². The second kappa shape index (κ2) is 7.24. The van der Waals surface area contributed by atoms with Crippen LogP contribution in [-0.4, -0.2) is 31.7 Å². The maximum Gasteiger partial charge on any atom is 0.225 e. The molecule has 1 aliphatic rings. The van der Waals surface area contributed by atoms with Gasteiger partial charge in [0.1, 0.15) is 5.82 Å². The summed E-state index contributed by atoms with van der Waals surface area (Å²) in [5, 5.41) is 6.04. The molecular formula is C15H21FN2O2. The Morgan fingerprint density at radius 1 is 1.45 bits per heavy atom. The average molecular weight is 280 g/mol. The van der Waals surface area contributed by atoms with E-state index >= 15 is 0 Å². The Kier molecular flexibility index (Phi) is 5.35. The lowest BCUT2D eigenvalue weighted by Crippen LogP contribution is -2.35. The number of amides is 1. The Bertz CT molecular complexity index is 453. The second-order valence-electron chi connectivity index (χ2n) is 5.05. The molecule has 1 aromatic rings. The summed E-state index contributed by atoms with van der Waals surface area (Å²) in [6, 6.07) is 6.35. The first-order valence-electron chi connectivity index (χ1n) is 7.05. The van der Waals surface area contributed by atoms with E-state index < -0.39 is 0 Å². The van der Waals surface area contributed by atoms with Crippen molar-refractivity contribution in [1.82, 2.24) is 5.32 Å². The highest BCUT2D eigenvalue weighted by molar-refractivity contribution is 5.79. The van der Waals surface area contributed by atoms with Crippen molar-refractivity contribution < 1.29 is 13.9 Å². The van der Waals surface area contributed by atoms with E-state index in [4.69, 9.17) is 4.74 Å². The Balaban J connectivity index is 1.61. The Labute approximate surface area is 118 Å². The molecule has 0 radical (unpaired) electrons. The van der Waals surface area contributed by atoms with Gasteiger partial charge in [0.25, 0.3) is 0 Å². The van der Waals surface area contributed by atoms with Gasteiger partial charge in [-0.1, -0.05) is 6.07 Å². The molecule has 1 fully saturated rings. The van der Waals surface area contributed by atoms with Crippen LogP contribution < -0.4 is 10.6 Å². The number of carbonyl (C=O) groups is 1. The van der Waals surface area contributed by atoms with Gasteiger partial charge in [-0.25, -0.2) is 4.39 Å². The predicted octanol–water partition coefficient (Wildman–Crippen LogP) is 2.17. The minimum atomic E-state index is -0.251. The molecule has 0 saturated carbocycles. The molecule has 20 heavy (non-hydrogen) atoms. The molecule has 110 valence electrons. The summed E-state index contributed by atoms with van der Waals surface area (Å²) in [6.45, 7) is 3.91. The van der Waals surface area contributed by atoms with E-state index in [2.05, 4.69) is 10.6 Å². The highest BCUT2D eigenvalue weighted by Gasteiger charge is 2.30. The SMILES string of the molecule is C[C@H]1OCC[C@H]1C(=O)NCCCNc1cccc(F)c1. The molecule has 0 aromatic heterocycles. The zero-order valence-corrected chi connectivity index (χ0v) is 11.7. The molecule has 0 unspecified atom stereocenters. The van der Waals surface area contributed by atoms with Gasteiger partial charge in [-0.2, -0.15) is 0 Å². The van der Waals surface area contributed by atoms with Gasteiger partial charge in [0.15, 0.2) is 0 Å². The van der Waals surface area contributed by atoms with Gasteiger partial charge in [-0.15, -0.1) is 0 Å². The van der Waals surface area contributed by atoms with E-state index in [1.54, 1.807) is 6.07 Å². The number of ether oxygens (including phenoxy) is 1. The van der Waals surface area contributed by atoms with Gasteiger partial charge in [-0.05, 0) is 38.0 Å². The van der Waals surface area contributed by atoms with E-state index in [0.29, 0.717) is 19.7 Å². The first kappa shape index (κ1) is 14.8. The topological polar surface area (TPSA) is 50.4 Å². The van der Waals surface area contributed by atoms with Gasteiger partial charge in [0.05, 0.1) is 12.0 Å². The number of anilines is 1. The van der Waals surface area contributed by atoms with Crippen LogP contribution in [0.3, 0.4) is 0 Å². The molecule has 2 atom stereocenters. The lowest BCUT2D eigenvalue weighted by atomic mass is 10.0. The van der Waals surface area contributed by atoms with Crippen LogP contribution in [0.5, 0.6) is 0 Å². The number of rotatable bonds is 6. The van der Waals surface area contributed by atoms with Crippen LogP contribution in [0.1, 0.15) is 19.8 Å². The zero-order chi connectivity index (χ0) is 14.4. The largest absolute Gasteiger partial charge is 0.385 e. The third-order valence-electron chi connectivity index (χ3n) is 3.52. The number of benzene rings is 1. The first-order chi connectivity index (χ1) is 9.66. The van der Waals surface area contributed by atoms with E-state index in [1.165, 1.54) is 12.1 Å². The minimum Gasteiger partial charge on any atom is -0.385 e. The van der Waals surface area contributed by atoms with E-state index in [9.17, 15) is 9.18 Å². The van der Waals surface area contributed by atoms with Gasteiger partial charge in [0.2, 0.25) is 5.91 Å². The molecule has 0 aliphatic carbocycles. The number of hydrogen-bond donors (Lipinski definition) is 2. The predicted molar refractivity (Wildman–Crippen MR) is 76.0 cm³/mol. The monoisotopic (exact) mass is 280 g/mol. The molecule has 0 bridgehead atoms. The number of carbonyl (C=O) groups excluding carboxylic acids is 1. The molecule has 2 N–H and O–H groups in total. The average Bonchev–Trinajstić information content (AvgIpc) is 2.84. The fourth-order valence-electron chi connectivity index (χ4n) is 2.34. The van der Waals surface area contributed by atoms with Gasteiger partial charge in [-0.3, -0.25) is 4.79 Å². The molecule has 1 saturated heterocycles.